The van der Waals surface area contributed by atoms with Gasteiger partial charge in [-0.25, -0.2) is 4.39 Å². The number of hydrogen-bond donors (Lipinski definition) is 1. The maximum atomic E-state index is 12.9. The Hall–Kier alpha value is -1.87. The van der Waals surface area contributed by atoms with Gasteiger partial charge >= 0.3 is 0 Å². The van der Waals surface area contributed by atoms with Gasteiger partial charge in [0.15, 0.2) is 0 Å². The van der Waals surface area contributed by atoms with E-state index in [1.807, 2.05) is 32.0 Å². The minimum absolute atomic E-state index is 0.160. The number of halogens is 1. The van der Waals surface area contributed by atoms with Crippen molar-refractivity contribution in [3.8, 4) is 5.75 Å². The lowest BCUT2D eigenvalue weighted by atomic mass is 10.0. The molecule has 2 unspecified atom stereocenters. The van der Waals surface area contributed by atoms with E-state index in [0.717, 1.165) is 11.1 Å². The van der Waals surface area contributed by atoms with Crippen LogP contribution < -0.4 is 10.5 Å². The van der Waals surface area contributed by atoms with Gasteiger partial charge in [0.25, 0.3) is 0 Å². The van der Waals surface area contributed by atoms with Crippen LogP contribution in [0.3, 0.4) is 0 Å². The lowest BCUT2D eigenvalue weighted by molar-refractivity contribution is 0.180. The van der Waals surface area contributed by atoms with E-state index in [1.165, 1.54) is 12.1 Å². The summed E-state index contributed by atoms with van der Waals surface area (Å²) in [5, 5.41) is 0. The van der Waals surface area contributed by atoms with Crippen molar-refractivity contribution < 1.29 is 9.13 Å². The molecule has 0 aliphatic rings. The minimum Gasteiger partial charge on any atom is -0.484 e. The predicted octanol–water partition coefficient (Wildman–Crippen LogP) is 3.60. The van der Waals surface area contributed by atoms with Crippen molar-refractivity contribution in [1.82, 2.24) is 0 Å². The Labute approximate surface area is 113 Å². The summed E-state index contributed by atoms with van der Waals surface area (Å²) in [5.74, 6) is 0.338. The molecule has 0 aliphatic heterocycles. The first-order chi connectivity index (χ1) is 9.06. The van der Waals surface area contributed by atoms with Gasteiger partial charge in [-0.15, -0.1) is 0 Å². The molecule has 2 atom stereocenters. The third-order valence-corrected chi connectivity index (χ3v) is 2.92. The number of ether oxygens (including phenoxy) is 1. The van der Waals surface area contributed by atoms with Crippen molar-refractivity contribution in [1.29, 1.82) is 0 Å². The summed E-state index contributed by atoms with van der Waals surface area (Å²) in [4.78, 5) is 0. The fraction of sp³-hybridized carbons (Fsp3) is 0.250. The topological polar surface area (TPSA) is 35.2 Å². The average molecular weight is 259 g/mol. The van der Waals surface area contributed by atoms with E-state index in [0.29, 0.717) is 5.75 Å². The lowest BCUT2D eigenvalue weighted by Gasteiger charge is -2.23. The second kappa shape index (κ2) is 5.85. The molecule has 0 amide bonds. The molecule has 0 bridgehead atoms. The zero-order valence-electron chi connectivity index (χ0n) is 11.1. The van der Waals surface area contributed by atoms with Gasteiger partial charge in [0.05, 0.1) is 0 Å². The zero-order valence-corrected chi connectivity index (χ0v) is 11.1. The number of nitrogens with two attached hydrogens (primary N) is 1. The average Bonchev–Trinajstić information content (AvgIpc) is 2.37. The summed E-state index contributed by atoms with van der Waals surface area (Å²) in [6.45, 7) is 3.93. The third-order valence-electron chi connectivity index (χ3n) is 2.92. The van der Waals surface area contributed by atoms with Crippen LogP contribution in [0.1, 0.15) is 24.2 Å². The maximum absolute atomic E-state index is 12.9. The van der Waals surface area contributed by atoms with Crippen LogP contribution in [0.2, 0.25) is 0 Å². The van der Waals surface area contributed by atoms with E-state index in [4.69, 9.17) is 10.5 Å². The van der Waals surface area contributed by atoms with Crippen molar-refractivity contribution in [2.75, 3.05) is 0 Å². The largest absolute Gasteiger partial charge is 0.484 e. The molecule has 2 aromatic rings. The summed E-state index contributed by atoms with van der Waals surface area (Å²) in [6.07, 6.45) is -0.245. The van der Waals surface area contributed by atoms with Crippen LogP contribution in [0.4, 0.5) is 4.39 Å². The Kier molecular flexibility index (Phi) is 4.17. The summed E-state index contributed by atoms with van der Waals surface area (Å²) >= 11 is 0. The molecule has 0 radical (unpaired) electrons. The molecule has 19 heavy (non-hydrogen) atoms. The quantitative estimate of drug-likeness (QED) is 0.910. The Morgan fingerprint density at radius 2 is 1.79 bits per heavy atom. The Bertz CT molecular complexity index is 537. The molecule has 2 aromatic carbocycles. The van der Waals surface area contributed by atoms with Crippen molar-refractivity contribution in [3.05, 3.63) is 65.5 Å². The van der Waals surface area contributed by atoms with Crippen LogP contribution in [0.25, 0.3) is 0 Å². The zero-order chi connectivity index (χ0) is 13.8. The third kappa shape index (κ3) is 3.55. The molecule has 2 N–H and O–H groups in total. The van der Waals surface area contributed by atoms with Crippen molar-refractivity contribution in [2.45, 2.75) is 26.0 Å². The summed E-state index contributed by atoms with van der Waals surface area (Å²) < 4.78 is 18.8. The van der Waals surface area contributed by atoms with Gasteiger partial charge < -0.3 is 10.5 Å². The molecule has 0 saturated carbocycles. The molecular formula is C16H18FNO. The van der Waals surface area contributed by atoms with E-state index in [2.05, 4.69) is 6.07 Å². The number of hydrogen-bond acceptors (Lipinski definition) is 2. The van der Waals surface area contributed by atoms with Gasteiger partial charge in [-0.3, -0.25) is 0 Å². The highest BCUT2D eigenvalue weighted by atomic mass is 19.1. The van der Waals surface area contributed by atoms with Gasteiger partial charge in [-0.05, 0) is 43.7 Å². The first-order valence-electron chi connectivity index (χ1n) is 6.30. The monoisotopic (exact) mass is 259 g/mol. The molecule has 3 heteroatoms. The molecule has 0 saturated heterocycles. The number of aryl methyl sites for hydroxylation is 1. The SMILES string of the molecule is Cc1cccc(C(Oc2ccc(F)cc2)C(C)N)c1. The summed E-state index contributed by atoms with van der Waals surface area (Å²) in [7, 11) is 0. The lowest BCUT2D eigenvalue weighted by Crippen LogP contribution is -2.29. The van der Waals surface area contributed by atoms with E-state index < -0.39 is 0 Å². The van der Waals surface area contributed by atoms with Crippen LogP contribution >= 0.6 is 0 Å². The first kappa shape index (κ1) is 13.6. The Morgan fingerprint density at radius 1 is 1.11 bits per heavy atom. The van der Waals surface area contributed by atoms with Crippen molar-refractivity contribution in [2.24, 2.45) is 5.73 Å². The van der Waals surface area contributed by atoms with Gasteiger partial charge in [0, 0.05) is 6.04 Å². The van der Waals surface area contributed by atoms with Crippen molar-refractivity contribution in [3.63, 3.8) is 0 Å². The van der Waals surface area contributed by atoms with Crippen LogP contribution in [-0.4, -0.2) is 6.04 Å². The molecule has 100 valence electrons. The van der Waals surface area contributed by atoms with E-state index in [-0.39, 0.29) is 18.0 Å². The normalized spacial score (nSPS) is 13.9. The fourth-order valence-electron chi connectivity index (χ4n) is 1.99. The second-order valence-corrected chi connectivity index (χ2v) is 4.77. The Morgan fingerprint density at radius 3 is 2.37 bits per heavy atom. The van der Waals surface area contributed by atoms with Gasteiger partial charge in [0.1, 0.15) is 17.7 Å². The molecule has 0 aromatic heterocycles. The van der Waals surface area contributed by atoms with Crippen molar-refractivity contribution >= 4 is 0 Å². The standard InChI is InChI=1S/C16H18FNO/c1-11-4-3-5-13(10-11)16(12(2)18)19-15-8-6-14(17)7-9-15/h3-10,12,16H,18H2,1-2H3. The Balaban J connectivity index is 2.23. The molecule has 0 spiro atoms. The fourth-order valence-corrected chi connectivity index (χ4v) is 1.99. The van der Waals surface area contributed by atoms with Crippen LogP contribution in [-0.2, 0) is 0 Å². The molecular weight excluding hydrogens is 241 g/mol. The summed E-state index contributed by atoms with van der Waals surface area (Å²) in [5.41, 5.74) is 8.18. The number of benzene rings is 2. The first-order valence-corrected chi connectivity index (χ1v) is 6.30. The van der Waals surface area contributed by atoms with Crippen LogP contribution in [0.5, 0.6) is 5.75 Å². The van der Waals surface area contributed by atoms with Gasteiger partial charge in [0.2, 0.25) is 0 Å². The van der Waals surface area contributed by atoms with Crippen LogP contribution in [0.15, 0.2) is 48.5 Å². The highest BCUT2D eigenvalue weighted by Crippen LogP contribution is 2.25. The smallest absolute Gasteiger partial charge is 0.138 e. The molecule has 0 fully saturated rings. The molecule has 0 heterocycles. The second-order valence-electron chi connectivity index (χ2n) is 4.77. The maximum Gasteiger partial charge on any atom is 0.138 e. The van der Waals surface area contributed by atoms with E-state index in [9.17, 15) is 4.39 Å². The predicted molar refractivity (Wildman–Crippen MR) is 74.6 cm³/mol. The molecule has 0 aliphatic carbocycles. The molecule has 2 rings (SSSR count). The summed E-state index contributed by atoms with van der Waals surface area (Å²) in [6, 6.07) is 13.9. The van der Waals surface area contributed by atoms with Crippen LogP contribution in [0, 0.1) is 12.7 Å². The highest BCUT2D eigenvalue weighted by molar-refractivity contribution is 5.28. The van der Waals surface area contributed by atoms with E-state index in [1.54, 1.807) is 12.1 Å². The minimum atomic E-state index is -0.278. The molecule has 2 nitrogen and oxygen atoms in total. The van der Waals surface area contributed by atoms with E-state index >= 15 is 0 Å². The van der Waals surface area contributed by atoms with Gasteiger partial charge in [-0.1, -0.05) is 29.8 Å². The van der Waals surface area contributed by atoms with Gasteiger partial charge in [-0.2, -0.15) is 0 Å². The highest BCUT2D eigenvalue weighted by Gasteiger charge is 2.18. The number of rotatable bonds is 4.